The van der Waals surface area contributed by atoms with Gasteiger partial charge in [0.15, 0.2) is 5.76 Å². The highest BCUT2D eigenvalue weighted by Crippen LogP contribution is 2.42. The summed E-state index contributed by atoms with van der Waals surface area (Å²) >= 11 is 0. The molecular formula is C18H31NO4. The van der Waals surface area contributed by atoms with Gasteiger partial charge in [0.1, 0.15) is 0 Å². The van der Waals surface area contributed by atoms with E-state index in [2.05, 4.69) is 26.1 Å². The molecule has 2 N–H and O–H groups in total. The molecule has 0 aromatic rings. The number of carbonyl (C=O) groups is 1. The van der Waals surface area contributed by atoms with Crippen LogP contribution in [0, 0.1) is 17.3 Å². The molecule has 5 nitrogen and oxygen atoms in total. The van der Waals surface area contributed by atoms with Crippen LogP contribution in [0.25, 0.3) is 0 Å². The van der Waals surface area contributed by atoms with Crippen molar-refractivity contribution < 1.29 is 19.4 Å². The van der Waals surface area contributed by atoms with Crippen LogP contribution in [0.15, 0.2) is 11.8 Å². The first-order valence-electron chi connectivity index (χ1n) is 8.78. The van der Waals surface area contributed by atoms with Gasteiger partial charge in [-0.05, 0) is 50.0 Å². The average molecular weight is 325 g/mol. The Morgan fingerprint density at radius 3 is 2.65 bits per heavy atom. The first kappa shape index (κ1) is 18.3. The lowest BCUT2D eigenvalue weighted by molar-refractivity contribution is -0.179. The molecule has 1 fully saturated rings. The van der Waals surface area contributed by atoms with Gasteiger partial charge in [0.05, 0.1) is 0 Å². The van der Waals surface area contributed by atoms with Crippen molar-refractivity contribution in [2.24, 2.45) is 17.3 Å². The van der Waals surface area contributed by atoms with Gasteiger partial charge in [0, 0.05) is 25.2 Å². The molecule has 1 aliphatic carbocycles. The van der Waals surface area contributed by atoms with Crippen LogP contribution < -0.4 is 5.32 Å². The molecule has 0 aromatic heterocycles. The van der Waals surface area contributed by atoms with Crippen molar-refractivity contribution in [2.75, 3.05) is 13.2 Å². The van der Waals surface area contributed by atoms with E-state index >= 15 is 0 Å². The van der Waals surface area contributed by atoms with Gasteiger partial charge in [0.2, 0.25) is 6.29 Å². The maximum atomic E-state index is 12.4. The zero-order chi connectivity index (χ0) is 17.0. The van der Waals surface area contributed by atoms with E-state index in [0.29, 0.717) is 24.8 Å². The van der Waals surface area contributed by atoms with E-state index in [1.165, 1.54) is 0 Å². The molecule has 5 heteroatoms. The van der Waals surface area contributed by atoms with Gasteiger partial charge in [0.25, 0.3) is 5.91 Å². The minimum absolute atomic E-state index is 0.00956. The normalized spacial score (nSPS) is 28.0. The van der Waals surface area contributed by atoms with Crippen molar-refractivity contribution >= 4 is 5.91 Å². The molecule has 0 unspecified atom stereocenters. The summed E-state index contributed by atoms with van der Waals surface area (Å²) in [6.07, 6.45) is 5.17. The summed E-state index contributed by atoms with van der Waals surface area (Å²) in [5, 5.41) is 12.2. The van der Waals surface area contributed by atoms with Gasteiger partial charge in [-0.25, -0.2) is 0 Å². The lowest BCUT2D eigenvalue weighted by Crippen LogP contribution is -2.43. The average Bonchev–Trinajstić information content (AvgIpc) is 3.28. The molecule has 23 heavy (non-hydrogen) atoms. The Kier molecular flexibility index (Phi) is 6.09. The van der Waals surface area contributed by atoms with E-state index in [1.807, 2.05) is 13.0 Å². The van der Waals surface area contributed by atoms with Crippen molar-refractivity contribution in [2.45, 2.75) is 65.7 Å². The molecule has 3 atom stereocenters. The first-order chi connectivity index (χ1) is 10.9. The van der Waals surface area contributed by atoms with Crippen LogP contribution >= 0.6 is 0 Å². The summed E-state index contributed by atoms with van der Waals surface area (Å²) in [6.45, 7) is 9.14. The second-order valence-electron chi connectivity index (χ2n) is 7.64. The van der Waals surface area contributed by atoms with Crippen LogP contribution in [-0.2, 0) is 14.3 Å². The van der Waals surface area contributed by atoms with E-state index in [9.17, 15) is 9.90 Å². The number of carbonyl (C=O) groups excluding carboxylic acids is 1. The molecule has 2 rings (SSSR count). The molecule has 132 valence electrons. The van der Waals surface area contributed by atoms with Crippen LogP contribution in [-0.4, -0.2) is 36.6 Å². The molecule has 1 heterocycles. The topological polar surface area (TPSA) is 67.8 Å². The zero-order valence-corrected chi connectivity index (χ0v) is 14.8. The molecule has 1 saturated carbocycles. The molecule has 1 aliphatic heterocycles. The van der Waals surface area contributed by atoms with Crippen molar-refractivity contribution in [3.63, 3.8) is 0 Å². The summed E-state index contributed by atoms with van der Waals surface area (Å²) < 4.78 is 11.7. The van der Waals surface area contributed by atoms with Gasteiger partial charge in [-0.3, -0.25) is 4.79 Å². The van der Waals surface area contributed by atoms with Crippen molar-refractivity contribution in [3.8, 4) is 0 Å². The van der Waals surface area contributed by atoms with E-state index in [0.717, 1.165) is 19.3 Å². The van der Waals surface area contributed by atoms with Crippen molar-refractivity contribution in [1.29, 1.82) is 0 Å². The monoisotopic (exact) mass is 325 g/mol. The quantitative estimate of drug-likeness (QED) is 0.755. The Bertz CT molecular complexity index is 437. The van der Waals surface area contributed by atoms with Gasteiger partial charge in [-0.2, -0.15) is 0 Å². The third-order valence-electron chi connectivity index (χ3n) is 4.55. The number of nitrogens with one attached hydrogen (secondary N) is 1. The predicted molar refractivity (Wildman–Crippen MR) is 88.5 cm³/mol. The summed E-state index contributed by atoms with van der Waals surface area (Å²) in [6, 6.07) is 0.303. The second-order valence-corrected chi connectivity index (χ2v) is 7.64. The van der Waals surface area contributed by atoms with Crippen LogP contribution in [0.1, 0.15) is 53.4 Å². The summed E-state index contributed by atoms with van der Waals surface area (Å²) in [5.41, 5.74) is -0.00956. The molecule has 0 bridgehead atoms. The third-order valence-corrected chi connectivity index (χ3v) is 4.55. The van der Waals surface area contributed by atoms with Crippen molar-refractivity contribution in [3.05, 3.63) is 11.8 Å². The predicted octanol–water partition coefficient (Wildman–Crippen LogP) is 2.59. The molecular weight excluding hydrogens is 294 g/mol. The number of amides is 1. The standard InChI is InChI=1S/C18H31NO4/c1-5-22-17-13(7-6-10-20)14(18(2,3)4)11-15(23-17)16(21)19-12-8-9-12/h11-14,17,20H,5-10H2,1-4H3,(H,19,21)/t13-,14-,17+/m1/s1. The van der Waals surface area contributed by atoms with Gasteiger partial charge >= 0.3 is 0 Å². The molecule has 0 saturated heterocycles. The Hall–Kier alpha value is -1.07. The van der Waals surface area contributed by atoms with Crippen LogP contribution in [0.4, 0.5) is 0 Å². The number of aliphatic hydroxyl groups excluding tert-OH is 1. The lowest BCUT2D eigenvalue weighted by atomic mass is 9.70. The molecule has 0 spiro atoms. The Morgan fingerprint density at radius 2 is 2.13 bits per heavy atom. The minimum atomic E-state index is -0.430. The maximum Gasteiger partial charge on any atom is 0.286 e. The van der Waals surface area contributed by atoms with E-state index < -0.39 is 6.29 Å². The second kappa shape index (κ2) is 7.67. The highest BCUT2D eigenvalue weighted by atomic mass is 16.7. The summed E-state index contributed by atoms with van der Waals surface area (Å²) in [7, 11) is 0. The van der Waals surface area contributed by atoms with Gasteiger partial charge < -0.3 is 19.9 Å². The number of ether oxygens (including phenoxy) is 2. The van der Waals surface area contributed by atoms with Crippen molar-refractivity contribution in [1.82, 2.24) is 5.32 Å². The number of rotatable bonds is 7. The number of aliphatic hydroxyl groups is 1. The minimum Gasteiger partial charge on any atom is -0.459 e. The molecule has 0 aromatic carbocycles. The molecule has 0 radical (unpaired) electrons. The fourth-order valence-electron chi connectivity index (χ4n) is 3.18. The lowest BCUT2D eigenvalue weighted by Gasteiger charge is -2.42. The zero-order valence-electron chi connectivity index (χ0n) is 14.8. The Morgan fingerprint density at radius 1 is 1.43 bits per heavy atom. The number of allylic oxidation sites excluding steroid dienone is 1. The van der Waals surface area contributed by atoms with E-state index in [1.54, 1.807) is 0 Å². The summed E-state index contributed by atoms with van der Waals surface area (Å²) in [5.74, 6) is 0.557. The largest absolute Gasteiger partial charge is 0.459 e. The van der Waals surface area contributed by atoms with Crippen LogP contribution in [0.3, 0.4) is 0 Å². The smallest absolute Gasteiger partial charge is 0.286 e. The highest BCUT2D eigenvalue weighted by Gasteiger charge is 2.42. The Balaban J connectivity index is 2.22. The van der Waals surface area contributed by atoms with Crippen LogP contribution in [0.5, 0.6) is 0 Å². The molecule has 1 amide bonds. The maximum absolute atomic E-state index is 12.4. The fraction of sp³-hybridized carbons (Fsp3) is 0.833. The van der Waals surface area contributed by atoms with Gasteiger partial charge in [-0.15, -0.1) is 0 Å². The first-order valence-corrected chi connectivity index (χ1v) is 8.78. The third kappa shape index (κ3) is 4.95. The SMILES string of the molecule is CCO[C@H]1OC(C(=O)NC2CC2)=C[C@@H](C(C)(C)C)[C@H]1CCCO. The fourth-order valence-corrected chi connectivity index (χ4v) is 3.18. The highest BCUT2D eigenvalue weighted by molar-refractivity contribution is 5.92. The summed E-state index contributed by atoms with van der Waals surface area (Å²) in [4.78, 5) is 12.4. The number of hydrogen-bond donors (Lipinski definition) is 2. The van der Waals surface area contributed by atoms with E-state index in [-0.39, 0.29) is 29.8 Å². The molecule has 2 aliphatic rings. The van der Waals surface area contributed by atoms with E-state index in [4.69, 9.17) is 9.47 Å². The van der Waals surface area contributed by atoms with Gasteiger partial charge in [-0.1, -0.05) is 20.8 Å². The number of hydrogen-bond acceptors (Lipinski definition) is 4. The Labute approximate surface area is 139 Å². The van der Waals surface area contributed by atoms with Crippen LogP contribution in [0.2, 0.25) is 0 Å².